The Morgan fingerprint density at radius 1 is 1.04 bits per heavy atom. The molecule has 0 spiro atoms. The lowest BCUT2D eigenvalue weighted by atomic mass is 10.1. The Kier molecular flexibility index (Phi) is 6.67. The first kappa shape index (κ1) is 19.1. The van der Waals surface area contributed by atoms with E-state index in [-0.39, 0.29) is 11.9 Å². The van der Waals surface area contributed by atoms with Gasteiger partial charge in [-0.25, -0.2) is 0 Å². The van der Waals surface area contributed by atoms with E-state index in [1.165, 1.54) is 0 Å². The number of hydrogen-bond acceptors (Lipinski definition) is 4. The highest BCUT2D eigenvalue weighted by atomic mass is 35.5. The number of carbonyl (C=O) groups excluding carboxylic acids is 1. The third-order valence-corrected chi connectivity index (χ3v) is 4.26. The van der Waals surface area contributed by atoms with Gasteiger partial charge in [0.15, 0.2) is 11.5 Å². The minimum absolute atomic E-state index is 0.0557. The SMILES string of the molecule is COc1ccc(NC(=O)C(C)NC(C)c2ccccc2Cl)cc1OC. The number of halogens is 1. The van der Waals surface area contributed by atoms with Crippen LogP contribution >= 0.6 is 11.6 Å². The highest BCUT2D eigenvalue weighted by Gasteiger charge is 2.18. The molecule has 6 heteroatoms. The molecule has 5 nitrogen and oxygen atoms in total. The number of rotatable bonds is 7. The Labute approximate surface area is 153 Å². The van der Waals surface area contributed by atoms with Crippen LogP contribution in [0.25, 0.3) is 0 Å². The average Bonchev–Trinajstić information content (AvgIpc) is 2.61. The molecule has 2 N–H and O–H groups in total. The minimum Gasteiger partial charge on any atom is -0.493 e. The highest BCUT2D eigenvalue weighted by Crippen LogP contribution is 2.30. The molecule has 134 valence electrons. The molecule has 0 heterocycles. The van der Waals surface area contributed by atoms with Crippen molar-refractivity contribution in [2.24, 2.45) is 0 Å². The summed E-state index contributed by atoms with van der Waals surface area (Å²) in [4.78, 5) is 12.4. The van der Waals surface area contributed by atoms with E-state index >= 15 is 0 Å². The lowest BCUT2D eigenvalue weighted by molar-refractivity contribution is -0.117. The normalized spacial score (nSPS) is 13.0. The number of benzene rings is 2. The topological polar surface area (TPSA) is 59.6 Å². The van der Waals surface area contributed by atoms with E-state index in [1.54, 1.807) is 32.4 Å². The Bertz CT molecular complexity index is 736. The van der Waals surface area contributed by atoms with Gasteiger partial charge in [0, 0.05) is 22.8 Å². The lowest BCUT2D eigenvalue weighted by Gasteiger charge is -2.21. The van der Waals surface area contributed by atoms with Crippen molar-refractivity contribution in [1.82, 2.24) is 5.32 Å². The fraction of sp³-hybridized carbons (Fsp3) is 0.316. The van der Waals surface area contributed by atoms with Crippen molar-refractivity contribution in [2.75, 3.05) is 19.5 Å². The van der Waals surface area contributed by atoms with E-state index in [0.717, 1.165) is 5.56 Å². The molecule has 2 aromatic carbocycles. The van der Waals surface area contributed by atoms with Gasteiger partial charge in [0.25, 0.3) is 0 Å². The van der Waals surface area contributed by atoms with Gasteiger partial charge in [-0.3, -0.25) is 10.1 Å². The smallest absolute Gasteiger partial charge is 0.241 e. The first-order valence-corrected chi connectivity index (χ1v) is 8.37. The molecule has 0 saturated heterocycles. The molecule has 1 amide bonds. The molecule has 0 aromatic heterocycles. The molecule has 0 saturated carbocycles. The summed E-state index contributed by atoms with van der Waals surface area (Å²) in [5.74, 6) is 1.02. The van der Waals surface area contributed by atoms with E-state index in [9.17, 15) is 4.79 Å². The van der Waals surface area contributed by atoms with Gasteiger partial charge in [0.05, 0.1) is 20.3 Å². The predicted molar refractivity (Wildman–Crippen MR) is 101 cm³/mol. The van der Waals surface area contributed by atoms with Crippen LogP contribution in [-0.4, -0.2) is 26.2 Å². The molecular formula is C19H23ClN2O3. The first-order valence-electron chi connectivity index (χ1n) is 7.99. The van der Waals surface area contributed by atoms with Crippen molar-refractivity contribution in [1.29, 1.82) is 0 Å². The molecule has 2 aromatic rings. The van der Waals surface area contributed by atoms with Gasteiger partial charge in [0.2, 0.25) is 5.91 Å². The Hall–Kier alpha value is -2.24. The summed E-state index contributed by atoms with van der Waals surface area (Å²) in [5.41, 5.74) is 1.59. The number of amides is 1. The van der Waals surface area contributed by atoms with Crippen LogP contribution in [0.5, 0.6) is 11.5 Å². The quantitative estimate of drug-likeness (QED) is 0.780. The van der Waals surface area contributed by atoms with Crippen LogP contribution in [0.1, 0.15) is 25.5 Å². The molecule has 0 aliphatic carbocycles. The Morgan fingerprint density at radius 2 is 1.72 bits per heavy atom. The molecule has 2 atom stereocenters. The molecule has 0 radical (unpaired) electrons. The summed E-state index contributed by atoms with van der Waals surface area (Å²) >= 11 is 6.21. The Balaban J connectivity index is 2.02. The Morgan fingerprint density at radius 3 is 2.36 bits per heavy atom. The van der Waals surface area contributed by atoms with E-state index in [4.69, 9.17) is 21.1 Å². The van der Waals surface area contributed by atoms with Crippen LogP contribution in [-0.2, 0) is 4.79 Å². The fourth-order valence-corrected chi connectivity index (χ4v) is 2.83. The average molecular weight is 363 g/mol. The van der Waals surface area contributed by atoms with Crippen molar-refractivity contribution in [2.45, 2.75) is 25.9 Å². The molecule has 2 rings (SSSR count). The number of anilines is 1. The van der Waals surface area contributed by atoms with Crippen LogP contribution < -0.4 is 20.1 Å². The van der Waals surface area contributed by atoms with Crippen LogP contribution in [0, 0.1) is 0 Å². The molecule has 0 aliphatic heterocycles. The monoisotopic (exact) mass is 362 g/mol. The maximum absolute atomic E-state index is 12.4. The summed E-state index contributed by atoms with van der Waals surface area (Å²) in [6.07, 6.45) is 0. The highest BCUT2D eigenvalue weighted by molar-refractivity contribution is 6.31. The van der Waals surface area contributed by atoms with Gasteiger partial charge in [-0.2, -0.15) is 0 Å². The predicted octanol–water partition coefficient (Wildman–Crippen LogP) is 4.04. The van der Waals surface area contributed by atoms with Crippen molar-refractivity contribution in [3.05, 3.63) is 53.1 Å². The molecular weight excluding hydrogens is 340 g/mol. The maximum atomic E-state index is 12.4. The van der Waals surface area contributed by atoms with E-state index in [0.29, 0.717) is 22.2 Å². The van der Waals surface area contributed by atoms with Gasteiger partial charge in [-0.15, -0.1) is 0 Å². The number of carbonyl (C=O) groups is 1. The summed E-state index contributed by atoms with van der Waals surface area (Å²) in [5, 5.41) is 6.80. The van der Waals surface area contributed by atoms with Crippen molar-refractivity contribution in [3.8, 4) is 11.5 Å². The van der Waals surface area contributed by atoms with Gasteiger partial charge in [-0.05, 0) is 37.6 Å². The summed E-state index contributed by atoms with van der Waals surface area (Å²) in [7, 11) is 3.12. The van der Waals surface area contributed by atoms with Crippen LogP contribution in [0.4, 0.5) is 5.69 Å². The minimum atomic E-state index is -0.403. The van der Waals surface area contributed by atoms with Crippen molar-refractivity contribution >= 4 is 23.2 Å². The molecule has 25 heavy (non-hydrogen) atoms. The molecule has 0 bridgehead atoms. The zero-order valence-electron chi connectivity index (χ0n) is 14.8. The van der Waals surface area contributed by atoms with E-state index in [1.807, 2.05) is 38.1 Å². The zero-order valence-corrected chi connectivity index (χ0v) is 15.6. The summed E-state index contributed by atoms with van der Waals surface area (Å²) < 4.78 is 10.4. The lowest BCUT2D eigenvalue weighted by Crippen LogP contribution is -2.39. The van der Waals surface area contributed by atoms with Crippen molar-refractivity contribution < 1.29 is 14.3 Å². The molecule has 2 unspecified atom stereocenters. The third kappa shape index (κ3) is 4.87. The number of methoxy groups -OCH3 is 2. The summed E-state index contributed by atoms with van der Waals surface area (Å²) in [6.45, 7) is 3.78. The second-order valence-electron chi connectivity index (χ2n) is 5.69. The van der Waals surface area contributed by atoms with Crippen LogP contribution in [0.15, 0.2) is 42.5 Å². The second kappa shape index (κ2) is 8.74. The largest absolute Gasteiger partial charge is 0.493 e. The fourth-order valence-electron chi connectivity index (χ4n) is 2.53. The third-order valence-electron chi connectivity index (χ3n) is 3.92. The number of hydrogen-bond donors (Lipinski definition) is 2. The van der Waals surface area contributed by atoms with Crippen LogP contribution in [0.3, 0.4) is 0 Å². The van der Waals surface area contributed by atoms with E-state index in [2.05, 4.69) is 10.6 Å². The second-order valence-corrected chi connectivity index (χ2v) is 6.10. The number of nitrogens with one attached hydrogen (secondary N) is 2. The van der Waals surface area contributed by atoms with Crippen molar-refractivity contribution in [3.63, 3.8) is 0 Å². The molecule has 0 fully saturated rings. The number of ether oxygens (including phenoxy) is 2. The van der Waals surface area contributed by atoms with E-state index < -0.39 is 6.04 Å². The van der Waals surface area contributed by atoms with Crippen LogP contribution in [0.2, 0.25) is 5.02 Å². The first-order chi connectivity index (χ1) is 12.0. The van der Waals surface area contributed by atoms with Gasteiger partial charge < -0.3 is 14.8 Å². The van der Waals surface area contributed by atoms with Gasteiger partial charge in [-0.1, -0.05) is 29.8 Å². The maximum Gasteiger partial charge on any atom is 0.241 e. The zero-order chi connectivity index (χ0) is 18.4. The summed E-state index contributed by atoms with van der Waals surface area (Å²) in [6, 6.07) is 12.4. The standard InChI is InChI=1S/C19H23ClN2O3/c1-12(15-7-5-6-8-16(15)20)21-13(2)19(23)22-14-9-10-17(24-3)18(11-14)25-4/h5-13,21H,1-4H3,(H,22,23). The van der Waals surface area contributed by atoms with Gasteiger partial charge in [0.1, 0.15) is 0 Å². The molecule has 0 aliphatic rings. The van der Waals surface area contributed by atoms with Gasteiger partial charge >= 0.3 is 0 Å².